The van der Waals surface area contributed by atoms with E-state index in [1.807, 2.05) is 6.92 Å². The van der Waals surface area contributed by atoms with Gasteiger partial charge in [-0.1, -0.05) is 11.8 Å². The van der Waals surface area contributed by atoms with Crippen molar-refractivity contribution in [3.05, 3.63) is 47.0 Å². The first-order valence-corrected chi connectivity index (χ1v) is 7.85. The Morgan fingerprint density at radius 2 is 2.05 bits per heavy atom. The standard InChI is InChI=1S/C15H15FN4OS/c1-9-13(14(21)18-15-17-7-8-22-15)10(2)20(19-9)12-5-3-11(16)4-6-12/h3-6H,7-8H2,1-2H3,(H,17,18,21). The minimum absolute atomic E-state index is 0.212. The second-order valence-electron chi connectivity index (χ2n) is 4.92. The molecule has 0 radical (unpaired) electrons. The van der Waals surface area contributed by atoms with Crippen LogP contribution in [0.4, 0.5) is 4.39 Å². The summed E-state index contributed by atoms with van der Waals surface area (Å²) >= 11 is 1.53. The number of halogens is 1. The number of aryl methyl sites for hydroxylation is 1. The summed E-state index contributed by atoms with van der Waals surface area (Å²) in [7, 11) is 0. The molecule has 1 amide bonds. The van der Waals surface area contributed by atoms with Crippen molar-refractivity contribution >= 4 is 22.8 Å². The first kappa shape index (κ1) is 14.8. The van der Waals surface area contributed by atoms with Gasteiger partial charge in [-0.15, -0.1) is 0 Å². The van der Waals surface area contributed by atoms with Crippen LogP contribution in [-0.2, 0) is 0 Å². The lowest BCUT2D eigenvalue weighted by Crippen LogP contribution is -2.28. The third kappa shape index (κ3) is 2.76. The first-order chi connectivity index (χ1) is 10.6. The Morgan fingerprint density at radius 1 is 1.32 bits per heavy atom. The summed E-state index contributed by atoms with van der Waals surface area (Å²) in [6, 6.07) is 6.01. The minimum Gasteiger partial charge on any atom is -0.301 e. The molecule has 22 heavy (non-hydrogen) atoms. The number of nitrogens with zero attached hydrogens (tertiary/aromatic N) is 3. The molecule has 0 spiro atoms. The molecule has 0 bridgehead atoms. The Bertz CT molecular complexity index is 752. The molecule has 1 N–H and O–H groups in total. The van der Waals surface area contributed by atoms with Gasteiger partial charge in [0.25, 0.3) is 5.91 Å². The molecule has 1 aromatic carbocycles. The predicted octanol–water partition coefficient (Wildman–Crippen LogP) is 2.46. The molecular formula is C15H15FN4OS. The largest absolute Gasteiger partial charge is 0.301 e. The van der Waals surface area contributed by atoms with Gasteiger partial charge in [-0.3, -0.25) is 9.79 Å². The number of hydrogen-bond donors (Lipinski definition) is 1. The summed E-state index contributed by atoms with van der Waals surface area (Å²) in [5, 5.41) is 7.86. The zero-order valence-corrected chi connectivity index (χ0v) is 13.1. The molecule has 1 aliphatic rings. The van der Waals surface area contributed by atoms with Gasteiger partial charge < -0.3 is 5.32 Å². The summed E-state index contributed by atoms with van der Waals surface area (Å²) < 4.78 is 14.7. The zero-order chi connectivity index (χ0) is 15.7. The number of nitrogens with one attached hydrogen (secondary N) is 1. The maximum Gasteiger partial charge on any atom is 0.260 e. The van der Waals surface area contributed by atoms with Crippen LogP contribution in [0.2, 0.25) is 0 Å². The van der Waals surface area contributed by atoms with Crippen molar-refractivity contribution < 1.29 is 9.18 Å². The second-order valence-corrected chi connectivity index (χ2v) is 6.01. The molecule has 0 saturated heterocycles. The molecule has 1 aliphatic heterocycles. The quantitative estimate of drug-likeness (QED) is 0.925. The van der Waals surface area contributed by atoms with E-state index < -0.39 is 0 Å². The third-order valence-electron chi connectivity index (χ3n) is 3.40. The maximum atomic E-state index is 13.0. The number of aromatic nitrogens is 2. The van der Waals surface area contributed by atoms with E-state index in [4.69, 9.17) is 0 Å². The number of rotatable bonds is 2. The number of amidine groups is 1. The number of amides is 1. The van der Waals surface area contributed by atoms with Crippen LogP contribution in [0, 0.1) is 19.7 Å². The van der Waals surface area contributed by atoms with Crippen LogP contribution in [0.15, 0.2) is 29.3 Å². The molecule has 5 nitrogen and oxygen atoms in total. The summed E-state index contributed by atoms with van der Waals surface area (Å²) in [6.07, 6.45) is 0. The van der Waals surface area contributed by atoms with Crippen LogP contribution in [0.25, 0.3) is 5.69 Å². The number of carbonyl (C=O) groups is 1. The van der Waals surface area contributed by atoms with Crippen molar-refractivity contribution in [3.8, 4) is 5.69 Å². The molecule has 2 heterocycles. The topological polar surface area (TPSA) is 59.3 Å². The molecule has 3 rings (SSSR count). The highest BCUT2D eigenvalue weighted by atomic mass is 32.2. The lowest BCUT2D eigenvalue weighted by Gasteiger charge is -2.06. The van der Waals surface area contributed by atoms with Gasteiger partial charge in [-0.2, -0.15) is 5.10 Å². The van der Waals surface area contributed by atoms with Gasteiger partial charge >= 0.3 is 0 Å². The van der Waals surface area contributed by atoms with Crippen molar-refractivity contribution in [2.45, 2.75) is 13.8 Å². The first-order valence-electron chi connectivity index (χ1n) is 6.87. The summed E-state index contributed by atoms with van der Waals surface area (Å²) in [5.74, 6) is 0.374. The van der Waals surface area contributed by atoms with E-state index in [0.717, 1.165) is 12.3 Å². The van der Waals surface area contributed by atoms with Crippen molar-refractivity contribution in [2.24, 2.45) is 4.99 Å². The minimum atomic E-state index is -0.306. The molecule has 7 heteroatoms. The van der Waals surface area contributed by atoms with Crippen molar-refractivity contribution in [1.29, 1.82) is 0 Å². The fourth-order valence-electron chi connectivity index (χ4n) is 2.38. The molecule has 0 saturated carbocycles. The highest BCUT2D eigenvalue weighted by molar-refractivity contribution is 8.14. The van der Waals surface area contributed by atoms with E-state index in [1.165, 1.54) is 23.9 Å². The van der Waals surface area contributed by atoms with E-state index in [0.29, 0.717) is 27.8 Å². The van der Waals surface area contributed by atoms with E-state index in [9.17, 15) is 9.18 Å². The van der Waals surface area contributed by atoms with Crippen LogP contribution in [0.1, 0.15) is 21.7 Å². The van der Waals surface area contributed by atoms with Gasteiger partial charge in [0.1, 0.15) is 5.82 Å². The Hall–Kier alpha value is -2.15. The van der Waals surface area contributed by atoms with Crippen LogP contribution in [-0.4, -0.2) is 33.2 Å². The summed E-state index contributed by atoms with van der Waals surface area (Å²) in [5.41, 5.74) is 2.58. The van der Waals surface area contributed by atoms with Crippen molar-refractivity contribution in [1.82, 2.24) is 15.1 Å². The van der Waals surface area contributed by atoms with E-state index in [1.54, 1.807) is 23.7 Å². The van der Waals surface area contributed by atoms with Crippen LogP contribution in [0.3, 0.4) is 0 Å². The van der Waals surface area contributed by atoms with Gasteiger partial charge in [-0.05, 0) is 38.1 Å². The molecular weight excluding hydrogens is 303 g/mol. The Balaban J connectivity index is 1.92. The molecule has 0 unspecified atom stereocenters. The lowest BCUT2D eigenvalue weighted by atomic mass is 10.2. The zero-order valence-electron chi connectivity index (χ0n) is 12.3. The normalized spacial score (nSPS) is 14.0. The second kappa shape index (κ2) is 5.92. The van der Waals surface area contributed by atoms with Crippen molar-refractivity contribution in [3.63, 3.8) is 0 Å². The fourth-order valence-corrected chi connectivity index (χ4v) is 3.10. The number of hydrogen-bond acceptors (Lipinski definition) is 4. The third-order valence-corrected chi connectivity index (χ3v) is 4.29. The van der Waals surface area contributed by atoms with E-state index in [2.05, 4.69) is 15.4 Å². The van der Waals surface area contributed by atoms with Gasteiger partial charge in [0, 0.05) is 5.75 Å². The molecule has 0 fully saturated rings. The Kier molecular flexibility index (Phi) is 3.98. The fraction of sp³-hybridized carbons (Fsp3) is 0.267. The molecule has 0 aliphatic carbocycles. The van der Waals surface area contributed by atoms with Gasteiger partial charge in [0.15, 0.2) is 5.17 Å². The Labute approximate surface area is 131 Å². The molecule has 2 aromatic rings. The van der Waals surface area contributed by atoms with Gasteiger partial charge in [0.05, 0.1) is 29.2 Å². The SMILES string of the molecule is Cc1nn(-c2ccc(F)cc2)c(C)c1C(=O)NC1=NCCS1. The van der Waals surface area contributed by atoms with Gasteiger partial charge in [-0.25, -0.2) is 9.07 Å². The van der Waals surface area contributed by atoms with Crippen molar-refractivity contribution in [2.75, 3.05) is 12.3 Å². The lowest BCUT2D eigenvalue weighted by molar-refractivity contribution is 0.0977. The number of thioether (sulfide) groups is 1. The Morgan fingerprint density at radius 3 is 2.68 bits per heavy atom. The highest BCUT2D eigenvalue weighted by Gasteiger charge is 2.21. The smallest absolute Gasteiger partial charge is 0.260 e. The van der Waals surface area contributed by atoms with E-state index >= 15 is 0 Å². The van der Waals surface area contributed by atoms with Crippen LogP contribution >= 0.6 is 11.8 Å². The highest BCUT2D eigenvalue weighted by Crippen LogP contribution is 2.19. The average molecular weight is 318 g/mol. The maximum absolute atomic E-state index is 13.0. The van der Waals surface area contributed by atoms with Gasteiger partial charge in [0.2, 0.25) is 0 Å². The summed E-state index contributed by atoms with van der Waals surface area (Å²) in [4.78, 5) is 16.6. The number of carbonyl (C=O) groups excluding carboxylic acids is 1. The molecule has 114 valence electrons. The average Bonchev–Trinajstić information content (AvgIpc) is 3.08. The molecule has 1 aromatic heterocycles. The number of benzene rings is 1. The van der Waals surface area contributed by atoms with E-state index in [-0.39, 0.29) is 11.7 Å². The number of aliphatic imine (C=N–C) groups is 1. The van der Waals surface area contributed by atoms with Crippen LogP contribution < -0.4 is 5.32 Å². The monoisotopic (exact) mass is 318 g/mol. The summed E-state index contributed by atoms with van der Waals surface area (Å²) in [6.45, 7) is 4.33. The van der Waals surface area contributed by atoms with Crippen LogP contribution in [0.5, 0.6) is 0 Å². The predicted molar refractivity (Wildman–Crippen MR) is 85.2 cm³/mol. The molecule has 0 atom stereocenters.